The first-order valence-corrected chi connectivity index (χ1v) is 28.1. The summed E-state index contributed by atoms with van der Waals surface area (Å²) in [6.45, 7) is 8.81. The largest absolute Gasteiger partial charge is 0.489 e. The molecule has 22 heteroatoms. The van der Waals surface area contributed by atoms with E-state index in [1.807, 2.05) is 16.9 Å². The molecule has 0 radical (unpaired) electrons. The van der Waals surface area contributed by atoms with E-state index in [1.54, 1.807) is 17.3 Å². The molecule has 5 aromatic rings. The minimum Gasteiger partial charge on any atom is -0.489 e. The molecule has 0 unspecified atom stereocenters. The van der Waals surface area contributed by atoms with Crippen molar-refractivity contribution in [3.05, 3.63) is 105 Å². The Morgan fingerprint density at radius 3 is 2.41 bits per heavy atom. The molecule has 3 aliphatic heterocycles. The lowest BCUT2D eigenvalue weighted by atomic mass is 9.59. The van der Waals surface area contributed by atoms with Crippen LogP contribution in [0.15, 0.2) is 71.8 Å². The van der Waals surface area contributed by atoms with Gasteiger partial charge < -0.3 is 29.8 Å². The van der Waals surface area contributed by atoms with Crippen LogP contribution in [0.3, 0.4) is 0 Å². The Labute approximate surface area is 422 Å². The van der Waals surface area contributed by atoms with Crippen molar-refractivity contribution >= 4 is 54.0 Å². The highest BCUT2D eigenvalue weighted by molar-refractivity contribution is 7.90. The lowest BCUT2D eigenvalue weighted by molar-refractivity contribution is -0.384. The number of benzene rings is 3. The zero-order chi connectivity index (χ0) is 51.8. The number of sulfonamides is 2. The number of amides is 1. The second-order valence-electron chi connectivity index (χ2n) is 21.2. The lowest BCUT2D eigenvalue weighted by Crippen LogP contribution is -2.60. The predicted octanol–water partition coefficient (Wildman–Crippen LogP) is 7.97. The summed E-state index contributed by atoms with van der Waals surface area (Å²) in [5.41, 5.74) is 1.21. The number of fused-ring (bicyclic) bond motifs is 2. The number of carbonyl (C=O) groups excluding carboxylic acids is 1. The predicted molar refractivity (Wildman–Crippen MR) is 269 cm³/mol. The molecule has 1 amide bonds. The minimum atomic E-state index is -4.83. The van der Waals surface area contributed by atoms with Gasteiger partial charge in [-0.3, -0.25) is 19.8 Å². The number of piperidine rings is 1. The Morgan fingerprint density at radius 1 is 0.986 bits per heavy atom. The number of rotatable bonds is 12. The van der Waals surface area contributed by atoms with Crippen molar-refractivity contribution in [2.45, 2.75) is 107 Å². The van der Waals surface area contributed by atoms with E-state index in [2.05, 4.69) is 51.1 Å². The monoisotopic (exact) mass is 1050 g/mol. The summed E-state index contributed by atoms with van der Waals surface area (Å²) in [5, 5.41) is 26.0. The molecular weight excluding hydrogens is 987 g/mol. The average molecular weight is 1050 g/mol. The van der Waals surface area contributed by atoms with Gasteiger partial charge in [-0.15, -0.1) is 0 Å². The molecule has 2 aromatic heterocycles. The number of hydrogen-bond acceptors (Lipinski definition) is 14. The van der Waals surface area contributed by atoms with Crippen LogP contribution in [0.2, 0.25) is 0 Å². The first-order valence-electron chi connectivity index (χ1n) is 24.8. The number of aliphatic hydroxyl groups is 1. The van der Waals surface area contributed by atoms with Gasteiger partial charge in [0.2, 0.25) is 10.0 Å². The smallest absolute Gasteiger partial charge is 0.297 e. The molecule has 390 valence electrons. The molecule has 73 heavy (non-hydrogen) atoms. The van der Waals surface area contributed by atoms with Gasteiger partial charge in [0.1, 0.15) is 23.8 Å². The van der Waals surface area contributed by atoms with E-state index >= 15 is 4.39 Å². The number of piperazine rings is 1. The van der Waals surface area contributed by atoms with Gasteiger partial charge in [-0.1, -0.05) is 38.1 Å². The zero-order valence-electron chi connectivity index (χ0n) is 41.1. The highest BCUT2D eigenvalue weighted by Gasteiger charge is 2.51. The first kappa shape index (κ1) is 50.6. The molecular formula is C51H60F2N8O10S2. The number of hydrogen-bond donors (Lipinski definition) is 4. The van der Waals surface area contributed by atoms with Crippen LogP contribution < -0.4 is 24.4 Å². The van der Waals surface area contributed by atoms with Crippen LogP contribution in [0.1, 0.15) is 106 Å². The number of nitro benzene ring substituents is 1. The number of anilines is 2. The van der Waals surface area contributed by atoms with Crippen molar-refractivity contribution in [2.75, 3.05) is 55.8 Å². The number of aromatic nitrogens is 2. The van der Waals surface area contributed by atoms with Crippen LogP contribution in [0.4, 0.5) is 25.8 Å². The third-order valence-corrected chi connectivity index (χ3v) is 18.6. The lowest BCUT2D eigenvalue weighted by Gasteiger charge is -2.58. The maximum atomic E-state index is 15.5. The van der Waals surface area contributed by atoms with Crippen molar-refractivity contribution in [1.29, 1.82) is 0 Å². The summed E-state index contributed by atoms with van der Waals surface area (Å²) >= 11 is 0. The molecule has 4 fully saturated rings. The van der Waals surface area contributed by atoms with Gasteiger partial charge in [-0.2, -0.15) is 13.7 Å². The molecule has 2 saturated heterocycles. The number of nitro groups is 1. The van der Waals surface area contributed by atoms with E-state index in [4.69, 9.17) is 9.47 Å². The Hall–Kier alpha value is -5.94. The third kappa shape index (κ3) is 10.1. The number of nitrogens with one attached hydrogen (secondary N) is 3. The highest BCUT2D eigenvalue weighted by Crippen LogP contribution is 2.54. The molecule has 2 atom stereocenters. The molecule has 2 aliphatic carbocycles. The number of nitrogens with zero attached hydrogens (tertiary/aromatic N) is 5. The van der Waals surface area contributed by atoms with E-state index in [0.717, 1.165) is 55.6 Å². The molecule has 5 aliphatic rings. The number of aromatic amines is 1. The molecule has 10 rings (SSSR count). The number of carbonyl (C=O) groups is 1. The highest BCUT2D eigenvalue weighted by atomic mass is 32.2. The summed E-state index contributed by atoms with van der Waals surface area (Å²) < 4.78 is 99.4. The van der Waals surface area contributed by atoms with Gasteiger partial charge in [0, 0.05) is 74.9 Å². The fraction of sp³-hybridized carbons (Fsp3) is 0.490. The Bertz CT molecular complexity index is 3200. The third-order valence-electron chi connectivity index (χ3n) is 16.0. The van der Waals surface area contributed by atoms with Crippen LogP contribution in [-0.4, -0.2) is 115 Å². The molecule has 4 N–H and O–H groups in total. The van der Waals surface area contributed by atoms with E-state index in [1.165, 1.54) is 24.0 Å². The average Bonchev–Trinajstić information content (AvgIpc) is 3.70. The maximum absolute atomic E-state index is 15.5. The molecule has 1 spiro atoms. The van der Waals surface area contributed by atoms with E-state index in [0.29, 0.717) is 64.1 Å². The molecule has 0 bridgehead atoms. The number of halogens is 2. The maximum Gasteiger partial charge on any atom is 0.297 e. The number of ether oxygens (including phenoxy) is 2. The van der Waals surface area contributed by atoms with Crippen molar-refractivity contribution in [3.63, 3.8) is 0 Å². The number of H-pyrrole nitrogens is 1. The van der Waals surface area contributed by atoms with Gasteiger partial charge in [0.05, 0.1) is 38.7 Å². The van der Waals surface area contributed by atoms with E-state index < -0.39 is 64.6 Å². The van der Waals surface area contributed by atoms with Crippen LogP contribution >= 0.6 is 0 Å². The van der Waals surface area contributed by atoms with Crippen molar-refractivity contribution in [2.24, 2.45) is 11.3 Å². The van der Waals surface area contributed by atoms with Gasteiger partial charge >= 0.3 is 0 Å². The van der Waals surface area contributed by atoms with Crippen molar-refractivity contribution in [3.8, 4) is 17.2 Å². The fourth-order valence-electron chi connectivity index (χ4n) is 11.8. The second-order valence-corrected chi connectivity index (χ2v) is 24.9. The van der Waals surface area contributed by atoms with E-state index in [9.17, 15) is 41.2 Å². The van der Waals surface area contributed by atoms with Crippen molar-refractivity contribution in [1.82, 2.24) is 23.9 Å². The fourth-order valence-corrected chi connectivity index (χ4v) is 13.6. The summed E-state index contributed by atoms with van der Waals surface area (Å²) in [4.78, 5) is 36.1. The normalized spacial score (nSPS) is 23.9. The summed E-state index contributed by atoms with van der Waals surface area (Å²) in [7, 11) is -8.23. The summed E-state index contributed by atoms with van der Waals surface area (Å²) in [5.74, 6) is -3.62. The Kier molecular flexibility index (Phi) is 13.2. The van der Waals surface area contributed by atoms with Crippen LogP contribution in [0, 0.1) is 33.2 Å². The SMILES string of the molecule is CC(C)c1ccccc1[C@@H]1CN(S(C)(=O)=O)CCN1C1CC2(CCN(c3ccc(C(=O)NS(=O)(=O)c4cc5c(c([N+](=O)[O-])c4)N[C@@H](C4CCC(C)(O)CC4)CO5)c(Oc4cc5c(F)c[nH]c5nc4F)c3)CC2)C1. The van der Waals surface area contributed by atoms with Gasteiger partial charge in [-0.05, 0) is 105 Å². The topological polar surface area (TPSA) is 230 Å². The Morgan fingerprint density at radius 2 is 1.71 bits per heavy atom. The van der Waals surface area contributed by atoms with Crippen LogP contribution in [0.5, 0.6) is 17.2 Å². The van der Waals surface area contributed by atoms with Crippen LogP contribution in [-0.2, 0) is 20.0 Å². The molecule has 18 nitrogen and oxygen atoms in total. The summed E-state index contributed by atoms with van der Waals surface area (Å²) in [6.07, 6.45) is 8.24. The molecule has 3 aromatic carbocycles. The number of pyridine rings is 1. The van der Waals surface area contributed by atoms with Gasteiger partial charge in [0.15, 0.2) is 17.2 Å². The quantitative estimate of drug-likeness (QED) is 0.0528. The first-order chi connectivity index (χ1) is 34.6. The second kappa shape index (κ2) is 19.1. The standard InChI is InChI=1S/C51H60F2N8O10S2/c1-30(2)35-7-5-6-8-36(35)42-28-59(72(4,66)67)19-20-60(42)33-25-51(26-33)15-17-58(18-16-51)32-9-10-37(43(21-32)71-45-24-38-39(52)27-54-48(38)56-47(45)53)49(62)57-73(68,69)34-22-41(61(64)65)46-44(23-34)70-29-40(55-46)31-11-13-50(3,63)14-12-31/h5-10,21-24,27,30-31,33,40,42,55,63H,11-20,25-26,28-29H2,1-4H3,(H,54,56)(H,57,62)/t31?,40-,42+,50?/m1/s1. The van der Waals surface area contributed by atoms with E-state index in [-0.39, 0.29) is 75.8 Å². The minimum absolute atomic E-state index is 0.00393. The molecule has 2 saturated carbocycles. The van der Waals surface area contributed by atoms with Crippen molar-refractivity contribution < 1.29 is 49.9 Å². The van der Waals surface area contributed by atoms with Gasteiger partial charge in [0.25, 0.3) is 27.6 Å². The summed E-state index contributed by atoms with van der Waals surface area (Å²) in [6, 6.07) is 15.6. The van der Waals surface area contributed by atoms with Gasteiger partial charge in [-0.25, -0.2) is 25.9 Å². The Balaban J connectivity index is 0.877. The zero-order valence-corrected chi connectivity index (χ0v) is 42.7. The van der Waals surface area contributed by atoms with Crippen LogP contribution in [0.25, 0.3) is 11.0 Å². The molecule has 5 heterocycles.